The number of hydrogen-bond donors (Lipinski definition) is 0. The lowest BCUT2D eigenvalue weighted by atomic mass is 10.1. The Morgan fingerprint density at radius 3 is 2.75 bits per heavy atom. The Kier molecular flexibility index (Phi) is 5.44. The van der Waals surface area contributed by atoms with Crippen molar-refractivity contribution < 1.29 is 27.1 Å². The molecule has 1 aromatic heterocycles. The lowest BCUT2D eigenvalue weighted by Gasteiger charge is -2.21. The molecule has 1 aromatic carbocycles. The summed E-state index contributed by atoms with van der Waals surface area (Å²) in [5, 5.41) is 4.34. The fraction of sp³-hybridized carbons (Fsp3) is 0.444. The van der Waals surface area contributed by atoms with Gasteiger partial charge in [0.2, 0.25) is 15.9 Å². The number of hydrogen-bond acceptors (Lipinski definition) is 6. The quantitative estimate of drug-likeness (QED) is 0.701. The first-order valence-electron chi connectivity index (χ1n) is 8.83. The summed E-state index contributed by atoms with van der Waals surface area (Å²) >= 11 is 0. The molecular formula is C18H22FN3O5S. The molecule has 0 fully saturated rings. The summed E-state index contributed by atoms with van der Waals surface area (Å²) in [6.45, 7) is 4.18. The minimum Gasteiger partial charge on any atom is -0.474 e. The van der Waals surface area contributed by atoms with E-state index in [9.17, 15) is 17.6 Å². The van der Waals surface area contributed by atoms with E-state index in [2.05, 4.69) is 5.10 Å². The largest absolute Gasteiger partial charge is 0.474 e. The molecule has 0 spiro atoms. The smallest absolute Gasteiger partial charge is 0.345 e. The van der Waals surface area contributed by atoms with Gasteiger partial charge in [-0.3, -0.25) is 0 Å². The first kappa shape index (κ1) is 20.3. The van der Waals surface area contributed by atoms with E-state index in [-0.39, 0.29) is 40.3 Å². The second-order valence-electron chi connectivity index (χ2n) is 6.62. The molecule has 0 bridgehead atoms. The number of benzene rings is 1. The van der Waals surface area contributed by atoms with Gasteiger partial charge in [0.1, 0.15) is 17.1 Å². The van der Waals surface area contributed by atoms with Crippen LogP contribution in [-0.4, -0.2) is 55.3 Å². The van der Waals surface area contributed by atoms with Crippen molar-refractivity contribution in [3.05, 3.63) is 29.6 Å². The third-order valence-corrected chi connectivity index (χ3v) is 6.23. The van der Waals surface area contributed by atoms with Gasteiger partial charge in [-0.1, -0.05) is 0 Å². The number of rotatable bonds is 5. The van der Waals surface area contributed by atoms with Crippen LogP contribution in [0.1, 0.15) is 30.6 Å². The summed E-state index contributed by atoms with van der Waals surface area (Å²) in [4.78, 5) is 12.3. The van der Waals surface area contributed by atoms with Crippen LogP contribution < -0.4 is 4.74 Å². The summed E-state index contributed by atoms with van der Waals surface area (Å²) in [5.74, 6) is -1.24. The number of aryl methyl sites for hydroxylation is 1. The molecule has 0 aliphatic carbocycles. The molecule has 2 aromatic rings. The lowest BCUT2D eigenvalue weighted by molar-refractivity contribution is 0.0515. The SMILES string of the molecule is CCOC(=O)c1c(-c2ccc(S(=O)(=O)N(C)C)cc2F)nn2c1O[C@H](C)CC2. The van der Waals surface area contributed by atoms with Crippen LogP contribution in [-0.2, 0) is 21.3 Å². The van der Waals surface area contributed by atoms with Crippen molar-refractivity contribution in [3.63, 3.8) is 0 Å². The van der Waals surface area contributed by atoms with E-state index in [1.54, 1.807) is 6.92 Å². The third kappa shape index (κ3) is 3.49. The van der Waals surface area contributed by atoms with Crippen molar-refractivity contribution >= 4 is 16.0 Å². The molecule has 0 amide bonds. The van der Waals surface area contributed by atoms with Gasteiger partial charge in [-0.2, -0.15) is 5.10 Å². The number of fused-ring (bicyclic) bond motifs is 1. The van der Waals surface area contributed by atoms with E-state index in [0.717, 1.165) is 10.4 Å². The number of nitrogens with zero attached hydrogens (tertiary/aromatic N) is 3. The summed E-state index contributed by atoms with van der Waals surface area (Å²) in [6.07, 6.45) is 0.571. The Bertz CT molecular complexity index is 1020. The topological polar surface area (TPSA) is 90.7 Å². The Labute approximate surface area is 162 Å². The molecule has 10 heteroatoms. The molecule has 0 unspecified atom stereocenters. The summed E-state index contributed by atoms with van der Waals surface area (Å²) in [7, 11) is -1.07. The molecule has 0 radical (unpaired) electrons. The molecule has 1 aliphatic rings. The average Bonchev–Trinajstić information content (AvgIpc) is 2.99. The maximum Gasteiger partial charge on any atom is 0.345 e. The van der Waals surface area contributed by atoms with E-state index < -0.39 is 21.8 Å². The Morgan fingerprint density at radius 2 is 2.14 bits per heavy atom. The zero-order chi connectivity index (χ0) is 20.6. The molecule has 3 rings (SSSR count). The number of sulfonamides is 1. The molecule has 0 saturated carbocycles. The molecule has 1 aliphatic heterocycles. The highest BCUT2D eigenvalue weighted by Gasteiger charge is 2.32. The number of carbonyl (C=O) groups is 1. The van der Waals surface area contributed by atoms with Gasteiger partial charge in [0.25, 0.3) is 0 Å². The molecule has 28 heavy (non-hydrogen) atoms. The lowest BCUT2D eigenvalue weighted by Crippen LogP contribution is -2.24. The Hall–Kier alpha value is -2.46. The average molecular weight is 411 g/mol. The van der Waals surface area contributed by atoms with Crippen molar-refractivity contribution in [3.8, 4) is 17.1 Å². The molecule has 8 nitrogen and oxygen atoms in total. The van der Waals surface area contributed by atoms with E-state index in [1.165, 1.54) is 30.9 Å². The van der Waals surface area contributed by atoms with Crippen molar-refractivity contribution in [1.82, 2.24) is 14.1 Å². The summed E-state index contributed by atoms with van der Waals surface area (Å²) < 4.78 is 52.7. The van der Waals surface area contributed by atoms with Gasteiger partial charge in [0.05, 0.1) is 17.6 Å². The number of carbonyl (C=O) groups excluding carboxylic acids is 1. The number of esters is 1. The molecule has 0 N–H and O–H groups in total. The summed E-state index contributed by atoms with van der Waals surface area (Å²) in [6, 6.07) is 3.50. The minimum atomic E-state index is -3.79. The van der Waals surface area contributed by atoms with Crippen molar-refractivity contribution in [1.29, 1.82) is 0 Å². The Balaban J connectivity index is 2.15. The predicted molar refractivity (Wildman–Crippen MR) is 99.2 cm³/mol. The highest BCUT2D eigenvalue weighted by atomic mass is 32.2. The van der Waals surface area contributed by atoms with E-state index in [1.807, 2.05) is 6.92 Å². The van der Waals surface area contributed by atoms with Gasteiger partial charge < -0.3 is 9.47 Å². The van der Waals surface area contributed by atoms with Crippen LogP contribution in [0.4, 0.5) is 4.39 Å². The number of halogens is 1. The van der Waals surface area contributed by atoms with Crippen LogP contribution in [0.25, 0.3) is 11.3 Å². The molecule has 0 saturated heterocycles. The van der Waals surface area contributed by atoms with Crippen LogP contribution >= 0.6 is 0 Å². The van der Waals surface area contributed by atoms with E-state index in [0.29, 0.717) is 13.0 Å². The van der Waals surface area contributed by atoms with Crippen LogP contribution in [0.3, 0.4) is 0 Å². The van der Waals surface area contributed by atoms with Crippen molar-refractivity contribution in [2.45, 2.75) is 37.8 Å². The van der Waals surface area contributed by atoms with Gasteiger partial charge in [-0.25, -0.2) is 26.6 Å². The maximum atomic E-state index is 14.9. The Morgan fingerprint density at radius 1 is 1.43 bits per heavy atom. The fourth-order valence-corrected chi connectivity index (χ4v) is 3.82. The highest BCUT2D eigenvalue weighted by molar-refractivity contribution is 7.89. The van der Waals surface area contributed by atoms with Crippen molar-refractivity contribution in [2.24, 2.45) is 0 Å². The zero-order valence-electron chi connectivity index (χ0n) is 16.1. The van der Waals surface area contributed by atoms with Gasteiger partial charge >= 0.3 is 5.97 Å². The fourth-order valence-electron chi connectivity index (χ4n) is 2.91. The van der Waals surface area contributed by atoms with E-state index >= 15 is 0 Å². The van der Waals surface area contributed by atoms with Gasteiger partial charge in [0.15, 0.2) is 0 Å². The second kappa shape index (κ2) is 7.51. The monoisotopic (exact) mass is 411 g/mol. The van der Waals surface area contributed by atoms with E-state index in [4.69, 9.17) is 9.47 Å². The molecule has 1 atom stereocenters. The number of aromatic nitrogens is 2. The van der Waals surface area contributed by atoms with Crippen molar-refractivity contribution in [2.75, 3.05) is 20.7 Å². The minimum absolute atomic E-state index is 0.00101. The normalized spacial score (nSPS) is 16.6. The van der Waals surface area contributed by atoms with Crippen LogP contribution in [0.15, 0.2) is 23.1 Å². The first-order chi connectivity index (χ1) is 13.2. The standard InChI is InChI=1S/C18H22FN3O5S/c1-5-26-18(23)15-16(20-22-9-8-11(2)27-17(15)22)13-7-6-12(10-14(13)19)28(24,25)21(3)4/h6-7,10-11H,5,8-9H2,1-4H3/t11-/m1/s1. The van der Waals surface area contributed by atoms with Gasteiger partial charge in [0, 0.05) is 32.6 Å². The van der Waals surface area contributed by atoms with Gasteiger partial charge in [-0.15, -0.1) is 0 Å². The maximum absolute atomic E-state index is 14.9. The molecular weight excluding hydrogens is 389 g/mol. The van der Waals surface area contributed by atoms with Gasteiger partial charge in [-0.05, 0) is 32.0 Å². The zero-order valence-corrected chi connectivity index (χ0v) is 16.9. The van der Waals surface area contributed by atoms with Crippen LogP contribution in [0.5, 0.6) is 5.88 Å². The van der Waals surface area contributed by atoms with Crippen LogP contribution in [0, 0.1) is 5.82 Å². The highest BCUT2D eigenvalue weighted by Crippen LogP contribution is 2.36. The predicted octanol–water partition coefficient (Wildman–Crippen LogP) is 2.29. The summed E-state index contributed by atoms with van der Waals surface area (Å²) in [5.41, 5.74) is 0.100. The third-order valence-electron chi connectivity index (χ3n) is 4.42. The first-order valence-corrected chi connectivity index (χ1v) is 10.3. The molecule has 152 valence electrons. The second-order valence-corrected chi connectivity index (χ2v) is 8.77. The van der Waals surface area contributed by atoms with Crippen LogP contribution in [0.2, 0.25) is 0 Å². The number of ether oxygens (including phenoxy) is 2. The molecule has 2 heterocycles.